The SMILES string of the molecule is CC(=O)NC1C(OCCc2ccc([N+](=O)[O-])cc2)OC(COC(C)=O)C(OC(C)=O)C1OC(C)=O. The minimum atomic E-state index is -1.21. The minimum absolute atomic E-state index is 0.0509. The lowest BCUT2D eigenvalue weighted by atomic mass is 9.96. The lowest BCUT2D eigenvalue weighted by Crippen LogP contribution is -2.66. The summed E-state index contributed by atoms with van der Waals surface area (Å²) in [7, 11) is 0. The van der Waals surface area contributed by atoms with Crippen LogP contribution in [0, 0.1) is 10.1 Å². The van der Waals surface area contributed by atoms with Gasteiger partial charge in [0.2, 0.25) is 5.91 Å². The predicted molar refractivity (Wildman–Crippen MR) is 117 cm³/mol. The van der Waals surface area contributed by atoms with E-state index in [0.29, 0.717) is 6.42 Å². The predicted octanol–water partition coefficient (Wildman–Crippen LogP) is 0.810. The van der Waals surface area contributed by atoms with Crippen molar-refractivity contribution in [3.63, 3.8) is 0 Å². The molecule has 1 heterocycles. The number of amides is 1. The summed E-state index contributed by atoms with van der Waals surface area (Å²) in [6, 6.07) is 4.82. The quantitative estimate of drug-likeness (QED) is 0.210. The van der Waals surface area contributed by atoms with Crippen LogP contribution in [0.3, 0.4) is 0 Å². The van der Waals surface area contributed by atoms with Crippen LogP contribution in [0.15, 0.2) is 24.3 Å². The molecule has 0 aromatic heterocycles. The first kappa shape index (κ1) is 27.7. The molecule has 1 saturated heterocycles. The molecule has 0 bridgehead atoms. The highest BCUT2D eigenvalue weighted by atomic mass is 16.7. The van der Waals surface area contributed by atoms with Gasteiger partial charge in [-0.05, 0) is 12.0 Å². The van der Waals surface area contributed by atoms with Crippen molar-refractivity contribution in [1.29, 1.82) is 0 Å². The maximum absolute atomic E-state index is 11.9. The summed E-state index contributed by atoms with van der Waals surface area (Å²) < 4.78 is 27.5. The van der Waals surface area contributed by atoms with Crippen LogP contribution in [0.25, 0.3) is 0 Å². The van der Waals surface area contributed by atoms with Gasteiger partial charge in [0.15, 0.2) is 18.5 Å². The third-order valence-corrected chi connectivity index (χ3v) is 4.89. The van der Waals surface area contributed by atoms with Gasteiger partial charge in [-0.2, -0.15) is 0 Å². The van der Waals surface area contributed by atoms with E-state index in [9.17, 15) is 29.3 Å². The number of ether oxygens (including phenoxy) is 5. The Hall–Kier alpha value is -3.58. The van der Waals surface area contributed by atoms with Crippen LogP contribution in [-0.2, 0) is 49.3 Å². The molecule has 2 rings (SSSR count). The average molecular weight is 496 g/mol. The molecule has 0 spiro atoms. The summed E-state index contributed by atoms with van der Waals surface area (Å²) >= 11 is 0. The first-order valence-corrected chi connectivity index (χ1v) is 10.7. The average Bonchev–Trinajstić information content (AvgIpc) is 2.75. The van der Waals surface area contributed by atoms with Gasteiger partial charge in [0.25, 0.3) is 5.69 Å². The number of carbonyl (C=O) groups is 4. The maximum Gasteiger partial charge on any atom is 0.303 e. The Balaban J connectivity index is 2.26. The van der Waals surface area contributed by atoms with E-state index in [0.717, 1.165) is 19.4 Å². The summed E-state index contributed by atoms with van der Waals surface area (Å²) in [5, 5.41) is 13.4. The Morgan fingerprint density at radius 2 is 1.57 bits per heavy atom. The van der Waals surface area contributed by atoms with Gasteiger partial charge >= 0.3 is 17.9 Å². The molecule has 1 fully saturated rings. The highest BCUT2D eigenvalue weighted by molar-refractivity contribution is 5.73. The number of benzene rings is 1. The van der Waals surface area contributed by atoms with E-state index >= 15 is 0 Å². The lowest BCUT2D eigenvalue weighted by molar-refractivity contribution is -0.384. The molecule has 13 heteroatoms. The fraction of sp³-hybridized carbons (Fsp3) is 0.545. The van der Waals surface area contributed by atoms with Crippen molar-refractivity contribution in [3.8, 4) is 0 Å². The van der Waals surface area contributed by atoms with Crippen LogP contribution < -0.4 is 5.32 Å². The van der Waals surface area contributed by atoms with Gasteiger partial charge in [-0.25, -0.2) is 0 Å². The van der Waals surface area contributed by atoms with E-state index in [2.05, 4.69) is 5.32 Å². The normalized spacial score (nSPS) is 23.6. The lowest BCUT2D eigenvalue weighted by Gasteiger charge is -2.44. The second-order valence-electron chi connectivity index (χ2n) is 7.76. The number of hydrogen-bond acceptors (Lipinski definition) is 11. The topological polar surface area (TPSA) is 170 Å². The molecule has 35 heavy (non-hydrogen) atoms. The second kappa shape index (κ2) is 12.8. The van der Waals surface area contributed by atoms with Gasteiger partial charge < -0.3 is 29.0 Å². The second-order valence-corrected chi connectivity index (χ2v) is 7.76. The summed E-state index contributed by atoms with van der Waals surface area (Å²) in [6.07, 6.45) is -4.32. The molecule has 1 aliphatic heterocycles. The molecule has 1 aromatic rings. The zero-order valence-corrected chi connectivity index (χ0v) is 19.8. The van der Waals surface area contributed by atoms with Crippen molar-refractivity contribution < 1.29 is 47.8 Å². The number of nitrogens with one attached hydrogen (secondary N) is 1. The number of carbonyl (C=O) groups excluding carboxylic acids is 4. The van der Waals surface area contributed by atoms with Gasteiger partial charge in [-0.3, -0.25) is 29.3 Å². The van der Waals surface area contributed by atoms with Crippen molar-refractivity contribution in [2.45, 2.75) is 64.8 Å². The molecule has 13 nitrogen and oxygen atoms in total. The van der Waals surface area contributed by atoms with Crippen molar-refractivity contribution in [3.05, 3.63) is 39.9 Å². The van der Waals surface area contributed by atoms with Gasteiger partial charge in [0, 0.05) is 39.8 Å². The summed E-state index contributed by atoms with van der Waals surface area (Å²) in [6.45, 7) is 4.45. The van der Waals surface area contributed by atoms with Gasteiger partial charge in [-0.1, -0.05) is 12.1 Å². The van der Waals surface area contributed by atoms with Gasteiger partial charge in [0.05, 0.1) is 11.5 Å². The Morgan fingerprint density at radius 3 is 2.09 bits per heavy atom. The monoisotopic (exact) mass is 496 g/mol. The summed E-state index contributed by atoms with van der Waals surface area (Å²) in [5.74, 6) is -2.51. The zero-order chi connectivity index (χ0) is 26.1. The largest absolute Gasteiger partial charge is 0.463 e. The molecule has 1 N–H and O–H groups in total. The van der Waals surface area contributed by atoms with E-state index in [4.69, 9.17) is 23.7 Å². The molecule has 1 amide bonds. The maximum atomic E-state index is 11.9. The van der Waals surface area contributed by atoms with Crippen molar-refractivity contribution in [1.82, 2.24) is 5.32 Å². The fourth-order valence-corrected chi connectivity index (χ4v) is 3.51. The van der Waals surface area contributed by atoms with Crippen LogP contribution in [0.1, 0.15) is 33.3 Å². The number of hydrogen-bond donors (Lipinski definition) is 1. The van der Waals surface area contributed by atoms with E-state index in [1.54, 1.807) is 12.1 Å². The minimum Gasteiger partial charge on any atom is -0.463 e. The summed E-state index contributed by atoms with van der Waals surface area (Å²) in [4.78, 5) is 57.2. The Bertz CT molecular complexity index is 934. The van der Waals surface area contributed by atoms with Crippen molar-refractivity contribution in [2.75, 3.05) is 13.2 Å². The molecule has 1 aromatic carbocycles. The molecule has 0 saturated carbocycles. The highest BCUT2D eigenvalue weighted by Gasteiger charge is 2.51. The van der Waals surface area contributed by atoms with Crippen LogP contribution >= 0.6 is 0 Å². The number of nitro groups is 1. The molecule has 0 radical (unpaired) electrons. The number of nitrogens with zero attached hydrogens (tertiary/aromatic N) is 1. The van der Waals surface area contributed by atoms with E-state index in [1.807, 2.05) is 0 Å². The molecular weight excluding hydrogens is 468 g/mol. The zero-order valence-electron chi connectivity index (χ0n) is 19.8. The van der Waals surface area contributed by atoms with Crippen LogP contribution in [-0.4, -0.2) is 72.6 Å². The fourth-order valence-electron chi connectivity index (χ4n) is 3.51. The summed E-state index contributed by atoms with van der Waals surface area (Å²) in [5.41, 5.74) is 0.693. The molecule has 5 unspecified atom stereocenters. The van der Waals surface area contributed by atoms with Crippen molar-refractivity contribution in [2.24, 2.45) is 0 Å². The van der Waals surface area contributed by atoms with E-state index in [1.165, 1.54) is 26.0 Å². The number of nitro benzene ring substituents is 1. The number of esters is 3. The van der Waals surface area contributed by atoms with Crippen LogP contribution in [0.4, 0.5) is 5.69 Å². The smallest absolute Gasteiger partial charge is 0.303 e. The third kappa shape index (κ3) is 8.61. The van der Waals surface area contributed by atoms with Crippen molar-refractivity contribution >= 4 is 29.5 Å². The Labute approximate surface area is 201 Å². The van der Waals surface area contributed by atoms with Crippen LogP contribution in [0.2, 0.25) is 0 Å². The first-order valence-electron chi connectivity index (χ1n) is 10.7. The number of rotatable bonds is 10. The van der Waals surface area contributed by atoms with Crippen LogP contribution in [0.5, 0.6) is 0 Å². The number of non-ortho nitro benzene ring substituents is 1. The molecule has 192 valence electrons. The molecular formula is C22H28N2O11. The van der Waals surface area contributed by atoms with E-state index < -0.39 is 59.4 Å². The first-order chi connectivity index (χ1) is 16.5. The van der Waals surface area contributed by atoms with E-state index in [-0.39, 0.29) is 18.9 Å². The Kier molecular flexibility index (Phi) is 10.1. The molecule has 5 atom stereocenters. The Morgan fingerprint density at radius 1 is 0.971 bits per heavy atom. The molecule has 0 aliphatic carbocycles. The molecule has 1 aliphatic rings. The van der Waals surface area contributed by atoms with Gasteiger partial charge in [-0.15, -0.1) is 0 Å². The standard InChI is InChI=1S/C22H28N2O11/c1-12(25)23-19-21(34-15(4)28)20(33-14(3)27)18(11-32-13(2)26)35-22(19)31-10-9-16-5-7-17(8-6-16)24(29)30/h5-8,18-22H,9-11H2,1-4H3,(H,23,25). The highest BCUT2D eigenvalue weighted by Crippen LogP contribution is 2.28. The third-order valence-electron chi connectivity index (χ3n) is 4.89. The van der Waals surface area contributed by atoms with Gasteiger partial charge in [0.1, 0.15) is 18.8 Å².